The third-order valence-corrected chi connectivity index (χ3v) is 6.41. The lowest BCUT2D eigenvalue weighted by Gasteiger charge is -2.28. The van der Waals surface area contributed by atoms with E-state index in [0.29, 0.717) is 0 Å². The van der Waals surface area contributed by atoms with E-state index in [4.69, 9.17) is 8.85 Å². The molecule has 0 aromatic heterocycles. The normalized spacial score (nSPS) is 19.4. The summed E-state index contributed by atoms with van der Waals surface area (Å²) in [5.41, 5.74) is 0. The number of rotatable bonds is 6. The molecule has 3 nitrogen and oxygen atoms in total. The second-order valence-electron chi connectivity index (χ2n) is 4.55. The smallest absolute Gasteiger partial charge is 0.334 e. The highest BCUT2D eigenvalue weighted by atomic mass is 28.4. The molecule has 0 aliphatic carbocycles. The molecular formula is C11H25NO2Si. The number of likely N-dealkylation sites (tertiary alicyclic amines) is 1. The van der Waals surface area contributed by atoms with E-state index in [9.17, 15) is 0 Å². The summed E-state index contributed by atoms with van der Waals surface area (Å²) in [6.07, 6.45) is 5.38. The SMILES string of the molecule is CO[Si](C)(CCCN1CCCCC1)OC. The van der Waals surface area contributed by atoms with Gasteiger partial charge in [0.05, 0.1) is 0 Å². The minimum atomic E-state index is -1.81. The molecule has 0 saturated carbocycles. The lowest BCUT2D eigenvalue weighted by Crippen LogP contribution is -2.37. The number of piperidine rings is 1. The Morgan fingerprint density at radius 2 is 1.67 bits per heavy atom. The van der Waals surface area contributed by atoms with E-state index in [1.165, 1.54) is 45.3 Å². The van der Waals surface area contributed by atoms with Crippen LogP contribution in [-0.2, 0) is 8.85 Å². The molecule has 15 heavy (non-hydrogen) atoms. The fourth-order valence-corrected chi connectivity index (χ4v) is 3.47. The molecule has 1 rings (SSSR count). The monoisotopic (exact) mass is 231 g/mol. The van der Waals surface area contributed by atoms with E-state index in [-0.39, 0.29) is 0 Å². The van der Waals surface area contributed by atoms with Crippen LogP contribution < -0.4 is 0 Å². The van der Waals surface area contributed by atoms with Crippen molar-refractivity contribution in [3.05, 3.63) is 0 Å². The van der Waals surface area contributed by atoms with Gasteiger partial charge in [0, 0.05) is 14.2 Å². The zero-order chi connectivity index (χ0) is 11.1. The van der Waals surface area contributed by atoms with Gasteiger partial charge in [-0.1, -0.05) is 6.42 Å². The van der Waals surface area contributed by atoms with E-state index in [1.54, 1.807) is 14.2 Å². The number of nitrogens with zero attached hydrogens (tertiary/aromatic N) is 1. The van der Waals surface area contributed by atoms with Crippen LogP contribution >= 0.6 is 0 Å². The van der Waals surface area contributed by atoms with E-state index >= 15 is 0 Å². The largest absolute Gasteiger partial charge is 0.398 e. The molecule has 0 atom stereocenters. The van der Waals surface area contributed by atoms with Crippen LogP contribution in [0.1, 0.15) is 25.7 Å². The van der Waals surface area contributed by atoms with Crippen LogP contribution in [0.25, 0.3) is 0 Å². The Morgan fingerprint density at radius 3 is 2.20 bits per heavy atom. The lowest BCUT2D eigenvalue weighted by molar-refractivity contribution is 0.218. The van der Waals surface area contributed by atoms with Gasteiger partial charge >= 0.3 is 8.56 Å². The maximum atomic E-state index is 5.47. The first-order valence-electron chi connectivity index (χ1n) is 6.03. The summed E-state index contributed by atoms with van der Waals surface area (Å²) in [5.74, 6) is 0. The molecule has 0 aromatic rings. The minimum absolute atomic E-state index is 1.11. The predicted molar refractivity (Wildman–Crippen MR) is 65.4 cm³/mol. The van der Waals surface area contributed by atoms with Crippen LogP contribution in [0.2, 0.25) is 12.6 Å². The molecule has 0 bridgehead atoms. The molecule has 0 aromatic carbocycles. The highest BCUT2D eigenvalue weighted by Gasteiger charge is 2.28. The van der Waals surface area contributed by atoms with Gasteiger partial charge in [-0.05, 0) is 51.5 Å². The van der Waals surface area contributed by atoms with Crippen molar-refractivity contribution in [2.45, 2.75) is 38.3 Å². The molecule has 1 heterocycles. The van der Waals surface area contributed by atoms with Crippen molar-refractivity contribution < 1.29 is 8.85 Å². The van der Waals surface area contributed by atoms with Crippen LogP contribution in [-0.4, -0.2) is 47.3 Å². The Morgan fingerprint density at radius 1 is 1.07 bits per heavy atom. The molecule has 0 radical (unpaired) electrons. The highest BCUT2D eigenvalue weighted by molar-refractivity contribution is 6.65. The Balaban J connectivity index is 2.14. The first kappa shape index (κ1) is 13.2. The van der Waals surface area contributed by atoms with Gasteiger partial charge in [-0.25, -0.2) is 0 Å². The fraction of sp³-hybridized carbons (Fsp3) is 1.00. The van der Waals surface area contributed by atoms with Crippen LogP contribution in [0.3, 0.4) is 0 Å². The second-order valence-corrected chi connectivity index (χ2v) is 8.13. The lowest BCUT2D eigenvalue weighted by atomic mass is 10.1. The molecule has 4 heteroatoms. The van der Waals surface area contributed by atoms with E-state index in [0.717, 1.165) is 6.04 Å². The Hall–Kier alpha value is 0.0969. The van der Waals surface area contributed by atoms with Crippen LogP contribution in [0.5, 0.6) is 0 Å². The van der Waals surface area contributed by atoms with Crippen LogP contribution in [0, 0.1) is 0 Å². The molecule has 1 aliphatic heterocycles. The third kappa shape index (κ3) is 4.63. The molecular weight excluding hydrogens is 206 g/mol. The summed E-state index contributed by atoms with van der Waals surface area (Å²) in [6.45, 7) is 5.94. The number of hydrogen-bond donors (Lipinski definition) is 0. The molecule has 1 saturated heterocycles. The quantitative estimate of drug-likeness (QED) is 0.654. The first-order chi connectivity index (χ1) is 7.20. The van der Waals surface area contributed by atoms with Gasteiger partial charge in [-0.15, -0.1) is 0 Å². The van der Waals surface area contributed by atoms with Crippen LogP contribution in [0.15, 0.2) is 0 Å². The maximum absolute atomic E-state index is 5.47. The molecule has 0 amide bonds. The predicted octanol–water partition coefficient (Wildman–Crippen LogP) is 2.23. The van der Waals surface area contributed by atoms with Crippen LogP contribution in [0.4, 0.5) is 0 Å². The minimum Gasteiger partial charge on any atom is -0.398 e. The summed E-state index contributed by atoms with van der Waals surface area (Å²) in [7, 11) is 1.74. The Labute approximate surface area is 95.0 Å². The van der Waals surface area contributed by atoms with Gasteiger partial charge in [0.25, 0.3) is 0 Å². The van der Waals surface area contributed by atoms with Crippen molar-refractivity contribution >= 4 is 8.56 Å². The van der Waals surface area contributed by atoms with Crippen molar-refractivity contribution in [3.8, 4) is 0 Å². The average Bonchev–Trinajstić information content (AvgIpc) is 2.30. The maximum Gasteiger partial charge on any atom is 0.334 e. The zero-order valence-electron chi connectivity index (χ0n) is 10.4. The van der Waals surface area contributed by atoms with Crippen molar-refractivity contribution in [2.75, 3.05) is 33.9 Å². The van der Waals surface area contributed by atoms with Gasteiger partial charge in [-0.2, -0.15) is 0 Å². The van der Waals surface area contributed by atoms with E-state index in [2.05, 4.69) is 11.4 Å². The van der Waals surface area contributed by atoms with Gasteiger partial charge in [-0.3, -0.25) is 0 Å². The molecule has 0 unspecified atom stereocenters. The fourth-order valence-electron chi connectivity index (χ4n) is 2.09. The molecule has 0 N–H and O–H groups in total. The standard InChI is InChI=1S/C11H25NO2Si/c1-13-15(3,14-2)11-7-10-12-8-5-4-6-9-12/h4-11H2,1-3H3. The third-order valence-electron chi connectivity index (χ3n) is 3.42. The van der Waals surface area contributed by atoms with Crippen molar-refractivity contribution in [2.24, 2.45) is 0 Å². The Kier molecular flexibility index (Phi) is 5.82. The summed E-state index contributed by atoms with van der Waals surface area (Å²) in [5, 5.41) is 0. The Bertz CT molecular complexity index is 168. The zero-order valence-corrected chi connectivity index (χ0v) is 11.4. The van der Waals surface area contributed by atoms with E-state index in [1.807, 2.05) is 0 Å². The number of hydrogen-bond acceptors (Lipinski definition) is 3. The van der Waals surface area contributed by atoms with Gasteiger partial charge in [0.2, 0.25) is 0 Å². The topological polar surface area (TPSA) is 21.7 Å². The summed E-state index contributed by atoms with van der Waals surface area (Å²) in [6, 6.07) is 1.11. The highest BCUT2D eigenvalue weighted by Crippen LogP contribution is 2.15. The van der Waals surface area contributed by atoms with Crippen molar-refractivity contribution in [1.29, 1.82) is 0 Å². The molecule has 1 aliphatic rings. The second kappa shape index (κ2) is 6.63. The van der Waals surface area contributed by atoms with Crippen molar-refractivity contribution in [3.63, 3.8) is 0 Å². The van der Waals surface area contributed by atoms with E-state index < -0.39 is 8.56 Å². The van der Waals surface area contributed by atoms with Crippen molar-refractivity contribution in [1.82, 2.24) is 4.90 Å². The van der Waals surface area contributed by atoms with Gasteiger partial charge in [0.1, 0.15) is 0 Å². The summed E-state index contributed by atoms with van der Waals surface area (Å²) >= 11 is 0. The summed E-state index contributed by atoms with van der Waals surface area (Å²) in [4.78, 5) is 2.57. The van der Waals surface area contributed by atoms with Gasteiger partial charge < -0.3 is 13.8 Å². The summed E-state index contributed by atoms with van der Waals surface area (Å²) < 4.78 is 10.9. The molecule has 0 spiro atoms. The molecule has 90 valence electrons. The van der Waals surface area contributed by atoms with Gasteiger partial charge in [0.15, 0.2) is 0 Å². The average molecular weight is 231 g/mol. The first-order valence-corrected chi connectivity index (χ1v) is 8.55. The molecule has 1 fully saturated rings.